The van der Waals surface area contributed by atoms with Gasteiger partial charge in [0.15, 0.2) is 0 Å². The Morgan fingerprint density at radius 1 is 1.27 bits per heavy atom. The number of H-pyrrole nitrogens is 1. The summed E-state index contributed by atoms with van der Waals surface area (Å²) in [7, 11) is 1.80. The molecule has 0 saturated carbocycles. The molecule has 1 aliphatic rings. The van der Waals surface area contributed by atoms with Gasteiger partial charge >= 0.3 is 11.8 Å². The standard InChI is InChI=1S/C21H18FN9O2/c1-11-8-15(27-29(11)2)19-25-26-20(33-19)21(32)30-7-5-13-17(24-10-23-13)18(30)14-9-16-12(22)4-3-6-31(16)28-14/h3-4,6,8-10,18H,5,7H2,1-2H3,(H,23,24)/t18-/m1/s1. The summed E-state index contributed by atoms with van der Waals surface area (Å²) in [6, 6.07) is 5.72. The normalized spacial score (nSPS) is 15.8. The summed E-state index contributed by atoms with van der Waals surface area (Å²) in [4.78, 5) is 22.6. The van der Waals surface area contributed by atoms with Gasteiger partial charge in [0.05, 0.1) is 17.7 Å². The van der Waals surface area contributed by atoms with E-state index >= 15 is 0 Å². The summed E-state index contributed by atoms with van der Waals surface area (Å²) < 4.78 is 23.1. The van der Waals surface area contributed by atoms with Crippen LogP contribution in [0.4, 0.5) is 4.39 Å². The average molecular weight is 447 g/mol. The van der Waals surface area contributed by atoms with Crippen molar-refractivity contribution in [3.63, 3.8) is 0 Å². The maximum atomic E-state index is 14.3. The van der Waals surface area contributed by atoms with Gasteiger partial charge < -0.3 is 14.3 Å². The number of hydrogen-bond acceptors (Lipinski definition) is 7. The Hall–Kier alpha value is -4.35. The number of fused-ring (bicyclic) bond motifs is 2. The zero-order valence-electron chi connectivity index (χ0n) is 17.7. The van der Waals surface area contributed by atoms with Gasteiger partial charge in [-0.1, -0.05) is 0 Å². The van der Waals surface area contributed by atoms with Gasteiger partial charge in [-0.2, -0.15) is 10.2 Å². The predicted molar refractivity (Wildman–Crippen MR) is 112 cm³/mol. The number of nitrogens with zero attached hydrogens (tertiary/aromatic N) is 8. The first-order chi connectivity index (χ1) is 16.0. The van der Waals surface area contributed by atoms with Crippen LogP contribution in [-0.2, 0) is 13.5 Å². The predicted octanol–water partition coefficient (Wildman–Crippen LogP) is 2.08. The number of pyridine rings is 1. The number of carbonyl (C=O) groups is 1. The first-order valence-electron chi connectivity index (χ1n) is 10.3. The second-order valence-electron chi connectivity index (χ2n) is 7.88. The Labute approximate surface area is 185 Å². The van der Waals surface area contributed by atoms with Crippen LogP contribution in [0.1, 0.15) is 39.5 Å². The van der Waals surface area contributed by atoms with Crippen LogP contribution >= 0.6 is 0 Å². The monoisotopic (exact) mass is 447 g/mol. The second-order valence-corrected chi connectivity index (χ2v) is 7.88. The molecule has 1 N–H and O–H groups in total. The van der Waals surface area contributed by atoms with Crippen LogP contribution in [0.25, 0.3) is 17.1 Å². The molecule has 166 valence electrons. The first-order valence-corrected chi connectivity index (χ1v) is 10.3. The zero-order chi connectivity index (χ0) is 22.7. The molecule has 1 aliphatic heterocycles. The summed E-state index contributed by atoms with van der Waals surface area (Å²) in [6.45, 7) is 2.27. The quantitative estimate of drug-likeness (QED) is 0.449. The lowest BCUT2D eigenvalue weighted by molar-refractivity contribution is 0.0646. The molecular formula is C21H18FN9O2. The SMILES string of the molecule is Cc1cc(-c2nnc(C(=O)N3CCc4[nH]cnc4[C@H]3c3cc4c(F)cccn4n3)o2)nn1C. The number of amides is 1. The number of nitrogens with one attached hydrogen (secondary N) is 1. The van der Waals surface area contributed by atoms with Crippen molar-refractivity contribution in [2.75, 3.05) is 6.54 Å². The zero-order valence-corrected chi connectivity index (χ0v) is 17.7. The van der Waals surface area contributed by atoms with Crippen LogP contribution in [0.5, 0.6) is 0 Å². The highest BCUT2D eigenvalue weighted by Crippen LogP contribution is 2.34. The van der Waals surface area contributed by atoms with Gasteiger partial charge in [-0.15, -0.1) is 10.2 Å². The van der Waals surface area contributed by atoms with Crippen molar-refractivity contribution in [2.24, 2.45) is 7.05 Å². The van der Waals surface area contributed by atoms with Gasteiger partial charge in [0.2, 0.25) is 0 Å². The second kappa shape index (κ2) is 7.08. The van der Waals surface area contributed by atoms with E-state index in [0.717, 1.165) is 11.4 Å². The fourth-order valence-electron chi connectivity index (χ4n) is 4.13. The molecule has 0 bridgehead atoms. The number of carbonyl (C=O) groups excluding carboxylic acids is 1. The van der Waals surface area contributed by atoms with E-state index in [1.54, 1.807) is 47.4 Å². The Morgan fingerprint density at radius 2 is 2.15 bits per heavy atom. The molecule has 0 spiro atoms. The Morgan fingerprint density at radius 3 is 2.94 bits per heavy atom. The summed E-state index contributed by atoms with van der Waals surface area (Å²) in [6.07, 6.45) is 3.80. The molecule has 5 aromatic rings. The first kappa shape index (κ1) is 19.3. The Kier molecular flexibility index (Phi) is 4.15. The number of hydrogen-bond donors (Lipinski definition) is 1. The molecule has 1 atom stereocenters. The van der Waals surface area contributed by atoms with E-state index in [4.69, 9.17) is 4.42 Å². The van der Waals surface area contributed by atoms with Gasteiger partial charge in [-0.25, -0.2) is 13.9 Å². The van der Waals surface area contributed by atoms with Gasteiger partial charge in [-0.3, -0.25) is 9.48 Å². The molecule has 0 fully saturated rings. The van der Waals surface area contributed by atoms with Crippen LogP contribution < -0.4 is 0 Å². The Balaban J connectivity index is 1.40. The maximum absolute atomic E-state index is 14.3. The maximum Gasteiger partial charge on any atom is 0.312 e. The summed E-state index contributed by atoms with van der Waals surface area (Å²) >= 11 is 0. The number of rotatable bonds is 3. The van der Waals surface area contributed by atoms with E-state index in [2.05, 4.69) is 30.4 Å². The van der Waals surface area contributed by atoms with E-state index in [-0.39, 0.29) is 11.8 Å². The van der Waals surface area contributed by atoms with Crippen molar-refractivity contribution < 1.29 is 13.6 Å². The fourth-order valence-corrected chi connectivity index (χ4v) is 4.13. The van der Waals surface area contributed by atoms with Crippen molar-refractivity contribution in [1.82, 2.24) is 44.5 Å². The van der Waals surface area contributed by atoms with E-state index in [9.17, 15) is 9.18 Å². The molecule has 6 rings (SSSR count). The van der Waals surface area contributed by atoms with Gasteiger partial charge in [0, 0.05) is 37.6 Å². The molecule has 0 radical (unpaired) electrons. The number of aromatic nitrogens is 8. The number of halogens is 1. The van der Waals surface area contributed by atoms with Gasteiger partial charge in [0.25, 0.3) is 5.89 Å². The van der Waals surface area contributed by atoms with E-state index in [1.165, 1.54) is 10.6 Å². The van der Waals surface area contributed by atoms with Crippen LogP contribution in [0, 0.1) is 12.7 Å². The average Bonchev–Trinajstić information content (AvgIpc) is 3.59. The van der Waals surface area contributed by atoms with Crippen LogP contribution in [-0.4, -0.2) is 56.9 Å². The highest BCUT2D eigenvalue weighted by molar-refractivity contribution is 5.90. The van der Waals surface area contributed by atoms with Crippen LogP contribution in [0.2, 0.25) is 0 Å². The lowest BCUT2D eigenvalue weighted by Crippen LogP contribution is -2.41. The molecule has 0 aliphatic carbocycles. The minimum absolute atomic E-state index is 0.158. The Bertz CT molecular complexity index is 1490. The van der Waals surface area contributed by atoms with E-state index in [1.807, 2.05) is 6.92 Å². The highest BCUT2D eigenvalue weighted by Gasteiger charge is 2.38. The fraction of sp³-hybridized carbons (Fsp3) is 0.238. The number of aromatic amines is 1. The molecule has 0 aromatic carbocycles. The van der Waals surface area contributed by atoms with Crippen LogP contribution in [0.3, 0.4) is 0 Å². The molecule has 1 amide bonds. The lowest BCUT2D eigenvalue weighted by atomic mass is 9.99. The molecule has 11 nitrogen and oxygen atoms in total. The third-order valence-corrected chi connectivity index (χ3v) is 5.88. The molecule has 0 saturated heterocycles. The molecule has 0 unspecified atom stereocenters. The minimum Gasteiger partial charge on any atom is -0.411 e. The van der Waals surface area contributed by atoms with Crippen molar-refractivity contribution in [2.45, 2.75) is 19.4 Å². The van der Waals surface area contributed by atoms with Crippen molar-refractivity contribution in [3.05, 3.63) is 71.3 Å². The molecule has 5 aromatic heterocycles. The molecular weight excluding hydrogens is 429 g/mol. The van der Waals surface area contributed by atoms with Crippen LogP contribution in [0.15, 0.2) is 41.2 Å². The summed E-state index contributed by atoms with van der Waals surface area (Å²) in [5.74, 6) is -0.866. The summed E-state index contributed by atoms with van der Waals surface area (Å²) in [5.41, 5.74) is 3.75. The third-order valence-electron chi connectivity index (χ3n) is 5.88. The molecule has 12 heteroatoms. The smallest absolute Gasteiger partial charge is 0.312 e. The van der Waals surface area contributed by atoms with Crippen molar-refractivity contribution in [1.29, 1.82) is 0 Å². The lowest BCUT2D eigenvalue weighted by Gasteiger charge is -2.32. The summed E-state index contributed by atoms with van der Waals surface area (Å²) in [5, 5.41) is 16.8. The van der Waals surface area contributed by atoms with E-state index in [0.29, 0.717) is 35.6 Å². The topological polar surface area (TPSA) is 123 Å². The van der Waals surface area contributed by atoms with Crippen molar-refractivity contribution >= 4 is 11.4 Å². The number of aryl methyl sites for hydroxylation is 2. The number of imidazole rings is 1. The van der Waals surface area contributed by atoms with Gasteiger partial charge in [0.1, 0.15) is 23.1 Å². The van der Waals surface area contributed by atoms with Gasteiger partial charge in [-0.05, 0) is 31.2 Å². The molecule has 6 heterocycles. The van der Waals surface area contributed by atoms with E-state index < -0.39 is 17.8 Å². The highest BCUT2D eigenvalue weighted by atomic mass is 19.1. The van der Waals surface area contributed by atoms with Crippen molar-refractivity contribution in [3.8, 4) is 11.6 Å². The largest absolute Gasteiger partial charge is 0.411 e. The minimum atomic E-state index is -0.640. The molecule has 33 heavy (non-hydrogen) atoms. The third kappa shape index (κ3) is 3.02.